The van der Waals surface area contributed by atoms with E-state index in [1.165, 1.54) is 6.92 Å². The molecule has 2 aromatic carbocycles. The Labute approximate surface area is 166 Å². The number of nitro groups is 1. The standard InChI is InChI=1S/C21H19N3O5/c1-13-20(24(27)28)14(2)23(22-13)12-16-4-6-18(7-5-16)21(26)29-19-10-8-17(9-11-19)15(3)25/h4-11H,12H2,1-3H3. The molecule has 0 fully saturated rings. The van der Waals surface area contributed by atoms with Crippen molar-refractivity contribution < 1.29 is 19.2 Å². The first-order valence-corrected chi connectivity index (χ1v) is 8.86. The van der Waals surface area contributed by atoms with E-state index in [4.69, 9.17) is 4.74 Å². The first-order valence-electron chi connectivity index (χ1n) is 8.86. The van der Waals surface area contributed by atoms with Gasteiger partial charge in [0.05, 0.1) is 17.0 Å². The van der Waals surface area contributed by atoms with Crippen LogP contribution in [-0.4, -0.2) is 26.5 Å². The summed E-state index contributed by atoms with van der Waals surface area (Å²) in [7, 11) is 0. The van der Waals surface area contributed by atoms with Crippen molar-refractivity contribution in [2.45, 2.75) is 27.3 Å². The largest absolute Gasteiger partial charge is 0.423 e. The van der Waals surface area contributed by atoms with Gasteiger partial charge in [-0.15, -0.1) is 0 Å². The van der Waals surface area contributed by atoms with Crippen molar-refractivity contribution in [3.8, 4) is 5.75 Å². The quantitative estimate of drug-likeness (QED) is 0.207. The number of Topliss-reactive ketones (excluding diaryl/α,β-unsaturated/α-hetero) is 1. The second kappa shape index (κ2) is 8.05. The molecule has 8 nitrogen and oxygen atoms in total. The maximum atomic E-state index is 12.3. The van der Waals surface area contributed by atoms with Crippen LogP contribution in [0.3, 0.4) is 0 Å². The molecule has 0 unspecified atom stereocenters. The van der Waals surface area contributed by atoms with E-state index in [0.29, 0.717) is 34.8 Å². The third-order valence-electron chi connectivity index (χ3n) is 4.52. The lowest BCUT2D eigenvalue weighted by Gasteiger charge is -2.07. The minimum atomic E-state index is -0.520. The van der Waals surface area contributed by atoms with Crippen LogP contribution in [-0.2, 0) is 6.54 Å². The molecule has 0 saturated carbocycles. The van der Waals surface area contributed by atoms with Crippen LogP contribution in [0.5, 0.6) is 5.75 Å². The fraction of sp³-hybridized carbons (Fsp3) is 0.190. The molecule has 0 saturated heterocycles. The van der Waals surface area contributed by atoms with Gasteiger partial charge in [0.1, 0.15) is 17.1 Å². The maximum absolute atomic E-state index is 12.3. The molecule has 148 valence electrons. The Bertz CT molecular complexity index is 1080. The maximum Gasteiger partial charge on any atom is 0.343 e. The SMILES string of the molecule is CC(=O)c1ccc(OC(=O)c2ccc(Cn3nc(C)c([N+](=O)[O-])c3C)cc2)cc1. The summed E-state index contributed by atoms with van der Waals surface area (Å²) in [5.41, 5.74) is 2.60. The fourth-order valence-electron chi connectivity index (χ4n) is 2.95. The number of hydrogen-bond donors (Lipinski definition) is 0. The molecule has 0 radical (unpaired) electrons. The van der Waals surface area contributed by atoms with Crippen molar-refractivity contribution in [3.05, 3.63) is 86.7 Å². The van der Waals surface area contributed by atoms with Gasteiger partial charge in [0, 0.05) is 5.56 Å². The summed E-state index contributed by atoms with van der Waals surface area (Å²) in [4.78, 5) is 34.3. The number of hydrogen-bond acceptors (Lipinski definition) is 6. The van der Waals surface area contributed by atoms with Crippen molar-refractivity contribution >= 4 is 17.4 Å². The van der Waals surface area contributed by atoms with Crippen LogP contribution in [0.25, 0.3) is 0 Å². The van der Waals surface area contributed by atoms with E-state index in [9.17, 15) is 19.7 Å². The Hall–Kier alpha value is -3.81. The molecule has 0 spiro atoms. The van der Waals surface area contributed by atoms with E-state index < -0.39 is 10.9 Å². The minimum Gasteiger partial charge on any atom is -0.423 e. The predicted molar refractivity (Wildman–Crippen MR) is 105 cm³/mol. The van der Waals surface area contributed by atoms with Crippen molar-refractivity contribution in [2.75, 3.05) is 0 Å². The topological polar surface area (TPSA) is 104 Å². The molecule has 3 aromatic rings. The van der Waals surface area contributed by atoms with Gasteiger partial charge in [0.2, 0.25) is 0 Å². The summed E-state index contributed by atoms with van der Waals surface area (Å²) in [6.45, 7) is 5.07. The fourth-order valence-corrected chi connectivity index (χ4v) is 2.95. The highest BCUT2D eigenvalue weighted by atomic mass is 16.6. The summed E-state index contributed by atoms with van der Waals surface area (Å²) < 4.78 is 6.88. The average Bonchev–Trinajstić information content (AvgIpc) is 2.96. The highest BCUT2D eigenvalue weighted by Crippen LogP contribution is 2.22. The zero-order chi connectivity index (χ0) is 21.1. The molecule has 0 aliphatic rings. The van der Waals surface area contributed by atoms with E-state index in [1.54, 1.807) is 67.1 Å². The molecule has 0 bridgehead atoms. The van der Waals surface area contributed by atoms with Crippen molar-refractivity contribution in [1.82, 2.24) is 9.78 Å². The van der Waals surface area contributed by atoms with Crippen molar-refractivity contribution in [1.29, 1.82) is 0 Å². The number of rotatable bonds is 6. The van der Waals surface area contributed by atoms with Crippen LogP contribution < -0.4 is 4.74 Å². The highest BCUT2D eigenvalue weighted by Gasteiger charge is 2.21. The van der Waals surface area contributed by atoms with E-state index in [2.05, 4.69) is 5.10 Å². The molecule has 29 heavy (non-hydrogen) atoms. The van der Waals surface area contributed by atoms with Gasteiger partial charge in [-0.1, -0.05) is 12.1 Å². The summed E-state index contributed by atoms with van der Waals surface area (Å²) in [6, 6.07) is 13.1. The number of benzene rings is 2. The van der Waals surface area contributed by atoms with E-state index >= 15 is 0 Å². The molecule has 8 heteroatoms. The van der Waals surface area contributed by atoms with Gasteiger partial charge in [0.25, 0.3) is 0 Å². The molecule has 0 aliphatic heterocycles. The van der Waals surface area contributed by atoms with Crippen LogP contribution in [0.4, 0.5) is 5.69 Å². The number of carbonyl (C=O) groups is 2. The second-order valence-corrected chi connectivity index (χ2v) is 6.60. The van der Waals surface area contributed by atoms with Gasteiger partial charge >= 0.3 is 11.7 Å². The van der Waals surface area contributed by atoms with Gasteiger partial charge < -0.3 is 4.74 Å². The molecule has 0 atom stereocenters. The molecule has 0 amide bonds. The number of carbonyl (C=O) groups excluding carboxylic acids is 2. The molecule has 0 N–H and O–H groups in total. The number of nitrogens with zero attached hydrogens (tertiary/aromatic N) is 3. The molecule has 1 aromatic heterocycles. The zero-order valence-electron chi connectivity index (χ0n) is 16.2. The van der Waals surface area contributed by atoms with Crippen molar-refractivity contribution in [2.24, 2.45) is 0 Å². The average molecular weight is 393 g/mol. The number of esters is 1. The monoisotopic (exact) mass is 393 g/mol. The highest BCUT2D eigenvalue weighted by molar-refractivity contribution is 5.94. The van der Waals surface area contributed by atoms with Crippen LogP contribution >= 0.6 is 0 Å². The van der Waals surface area contributed by atoms with E-state index in [-0.39, 0.29) is 11.5 Å². The Morgan fingerprint density at radius 3 is 2.14 bits per heavy atom. The second-order valence-electron chi connectivity index (χ2n) is 6.60. The Kier molecular flexibility index (Phi) is 5.54. The number of aromatic nitrogens is 2. The summed E-state index contributed by atoms with van der Waals surface area (Å²) in [6.07, 6.45) is 0. The molecule has 0 aliphatic carbocycles. The summed E-state index contributed by atoms with van der Waals surface area (Å²) in [5, 5.41) is 15.3. The van der Waals surface area contributed by atoms with Gasteiger partial charge in [-0.05, 0) is 62.7 Å². The predicted octanol–water partition coefficient (Wildman–Crippen LogP) is 3.88. The number of aryl methyl sites for hydroxylation is 1. The third kappa shape index (κ3) is 4.37. The summed E-state index contributed by atoms with van der Waals surface area (Å²) in [5.74, 6) is -0.237. The Balaban J connectivity index is 1.70. The smallest absolute Gasteiger partial charge is 0.343 e. The van der Waals surface area contributed by atoms with E-state index in [0.717, 1.165) is 5.56 Å². The molecular weight excluding hydrogens is 374 g/mol. The van der Waals surface area contributed by atoms with Gasteiger partial charge in [-0.2, -0.15) is 5.10 Å². The van der Waals surface area contributed by atoms with Gasteiger partial charge in [-0.25, -0.2) is 4.79 Å². The first-order chi connectivity index (χ1) is 13.8. The van der Waals surface area contributed by atoms with Crippen molar-refractivity contribution in [3.63, 3.8) is 0 Å². The minimum absolute atomic E-state index is 0.0148. The Morgan fingerprint density at radius 1 is 1.03 bits per heavy atom. The summed E-state index contributed by atoms with van der Waals surface area (Å²) >= 11 is 0. The first kappa shape index (κ1) is 19.9. The lowest BCUT2D eigenvalue weighted by atomic mass is 10.1. The van der Waals surface area contributed by atoms with Crippen LogP contribution in [0.2, 0.25) is 0 Å². The number of ether oxygens (including phenoxy) is 1. The Morgan fingerprint density at radius 2 is 1.62 bits per heavy atom. The molecule has 3 rings (SSSR count). The van der Waals surface area contributed by atoms with Crippen LogP contribution in [0.15, 0.2) is 48.5 Å². The van der Waals surface area contributed by atoms with Crippen LogP contribution in [0, 0.1) is 24.0 Å². The van der Waals surface area contributed by atoms with Crippen LogP contribution in [0.1, 0.15) is 44.6 Å². The third-order valence-corrected chi connectivity index (χ3v) is 4.52. The van der Waals surface area contributed by atoms with E-state index in [1.807, 2.05) is 0 Å². The molecular formula is C21H19N3O5. The lowest BCUT2D eigenvalue weighted by molar-refractivity contribution is -0.386. The number of ketones is 1. The lowest BCUT2D eigenvalue weighted by Crippen LogP contribution is -2.09. The van der Waals surface area contributed by atoms with Gasteiger partial charge in [-0.3, -0.25) is 19.6 Å². The normalized spacial score (nSPS) is 10.6. The van der Waals surface area contributed by atoms with Gasteiger partial charge in [0.15, 0.2) is 5.78 Å². The molecule has 1 heterocycles. The zero-order valence-corrected chi connectivity index (χ0v) is 16.2.